The highest BCUT2D eigenvalue weighted by Gasteiger charge is 2.19. The summed E-state index contributed by atoms with van der Waals surface area (Å²) in [7, 11) is 1.81. The van der Waals surface area contributed by atoms with Gasteiger partial charge in [0.05, 0.1) is 6.04 Å². The quantitative estimate of drug-likeness (QED) is 0.862. The van der Waals surface area contributed by atoms with Crippen LogP contribution < -0.4 is 10.1 Å². The normalized spacial score (nSPS) is 12.7. The van der Waals surface area contributed by atoms with Gasteiger partial charge in [-0.05, 0) is 31.7 Å². The van der Waals surface area contributed by atoms with Gasteiger partial charge in [-0.1, -0.05) is 25.1 Å². The number of hydrogen-bond donors (Lipinski definition) is 1. The Labute approximate surface area is 121 Å². The summed E-state index contributed by atoms with van der Waals surface area (Å²) in [5, 5.41) is 3.17. The number of thiophene rings is 1. The van der Waals surface area contributed by atoms with Crippen molar-refractivity contribution in [2.24, 2.45) is 0 Å². The molecule has 0 aliphatic heterocycles. The van der Waals surface area contributed by atoms with Crippen molar-refractivity contribution in [3.05, 3.63) is 51.7 Å². The summed E-state index contributed by atoms with van der Waals surface area (Å²) in [6, 6.07) is 10.9. The van der Waals surface area contributed by atoms with Crippen LogP contribution in [0.4, 0.5) is 8.78 Å². The van der Waals surface area contributed by atoms with Gasteiger partial charge in [0.25, 0.3) is 0 Å². The lowest BCUT2D eigenvalue weighted by Crippen LogP contribution is -2.18. The fourth-order valence-electron chi connectivity index (χ4n) is 2.11. The molecular weight excluding hydrogens is 280 g/mol. The van der Waals surface area contributed by atoms with E-state index in [9.17, 15) is 8.78 Å². The summed E-state index contributed by atoms with van der Waals surface area (Å²) in [5.41, 5.74) is 0.722. The molecule has 0 radical (unpaired) electrons. The van der Waals surface area contributed by atoms with Crippen molar-refractivity contribution in [3.8, 4) is 5.75 Å². The highest BCUT2D eigenvalue weighted by molar-refractivity contribution is 7.12. The maximum Gasteiger partial charge on any atom is 0.387 e. The Hall–Kier alpha value is -1.46. The molecule has 0 saturated carbocycles. The highest BCUT2D eigenvalue weighted by Crippen LogP contribution is 2.34. The molecule has 0 aliphatic rings. The van der Waals surface area contributed by atoms with Gasteiger partial charge < -0.3 is 10.1 Å². The Kier molecular flexibility index (Phi) is 5.09. The van der Waals surface area contributed by atoms with Gasteiger partial charge in [0, 0.05) is 15.3 Å². The molecule has 0 spiro atoms. The number of halogens is 2. The maximum atomic E-state index is 12.5. The summed E-state index contributed by atoms with van der Waals surface area (Å²) >= 11 is 1.68. The Morgan fingerprint density at radius 3 is 2.55 bits per heavy atom. The first-order chi connectivity index (χ1) is 9.65. The van der Waals surface area contributed by atoms with Gasteiger partial charge in [0.1, 0.15) is 5.75 Å². The molecule has 2 rings (SSSR count). The summed E-state index contributed by atoms with van der Waals surface area (Å²) in [6.45, 7) is -0.721. The van der Waals surface area contributed by atoms with E-state index < -0.39 is 6.61 Å². The second-order valence-corrected chi connectivity index (χ2v) is 5.50. The van der Waals surface area contributed by atoms with Crippen LogP contribution in [0.1, 0.15) is 28.3 Å². The monoisotopic (exact) mass is 297 g/mol. The first kappa shape index (κ1) is 14.9. The zero-order valence-corrected chi connectivity index (χ0v) is 12.2. The summed E-state index contributed by atoms with van der Waals surface area (Å²) in [6.07, 6.45) is 0.969. The molecule has 20 heavy (non-hydrogen) atoms. The largest absolute Gasteiger partial charge is 0.434 e. The van der Waals surface area contributed by atoms with E-state index in [1.165, 1.54) is 4.88 Å². The fourth-order valence-corrected chi connectivity index (χ4v) is 3.19. The molecule has 108 valence electrons. The van der Waals surface area contributed by atoms with Gasteiger partial charge in [0.2, 0.25) is 0 Å². The smallest absolute Gasteiger partial charge is 0.387 e. The van der Waals surface area contributed by atoms with E-state index in [2.05, 4.69) is 23.0 Å². The van der Waals surface area contributed by atoms with Crippen LogP contribution in [0, 0.1) is 0 Å². The molecule has 0 saturated heterocycles. The van der Waals surface area contributed by atoms with Crippen molar-refractivity contribution in [2.45, 2.75) is 26.0 Å². The number of hydrogen-bond acceptors (Lipinski definition) is 3. The molecule has 2 nitrogen and oxygen atoms in total. The fraction of sp³-hybridized carbons (Fsp3) is 0.333. The first-order valence-electron chi connectivity index (χ1n) is 6.45. The molecule has 1 heterocycles. The molecule has 2 aromatic rings. The number of alkyl halides is 2. The minimum absolute atomic E-state index is 0.143. The molecule has 1 unspecified atom stereocenters. The van der Waals surface area contributed by atoms with Crippen molar-refractivity contribution in [2.75, 3.05) is 7.05 Å². The van der Waals surface area contributed by atoms with Crippen molar-refractivity contribution in [3.63, 3.8) is 0 Å². The lowest BCUT2D eigenvalue weighted by Gasteiger charge is -2.18. The molecule has 1 atom stereocenters. The van der Waals surface area contributed by atoms with E-state index in [0.717, 1.165) is 16.9 Å². The van der Waals surface area contributed by atoms with Gasteiger partial charge in [-0.3, -0.25) is 0 Å². The molecule has 0 fully saturated rings. The number of aryl methyl sites for hydroxylation is 1. The van der Waals surface area contributed by atoms with Gasteiger partial charge in [0.15, 0.2) is 0 Å². The van der Waals surface area contributed by atoms with Gasteiger partial charge >= 0.3 is 6.61 Å². The molecule has 0 amide bonds. The number of ether oxygens (including phenoxy) is 1. The maximum absolute atomic E-state index is 12.5. The Bertz CT molecular complexity index is 556. The molecule has 0 aliphatic carbocycles. The van der Waals surface area contributed by atoms with Crippen LogP contribution in [0.5, 0.6) is 5.75 Å². The standard InChI is InChI=1S/C15H17F2NOS/c1-3-10-8-9-13(20-10)14(18-2)11-6-4-5-7-12(11)19-15(16)17/h4-9,14-15,18H,3H2,1-2H3. The lowest BCUT2D eigenvalue weighted by molar-refractivity contribution is -0.0506. The van der Waals surface area contributed by atoms with Crippen LogP contribution in [-0.4, -0.2) is 13.7 Å². The summed E-state index contributed by atoms with van der Waals surface area (Å²) in [4.78, 5) is 2.36. The molecule has 1 aromatic heterocycles. The number of benzene rings is 1. The van der Waals surface area contributed by atoms with E-state index in [4.69, 9.17) is 0 Å². The minimum Gasteiger partial charge on any atom is -0.434 e. The topological polar surface area (TPSA) is 21.3 Å². The second-order valence-electron chi connectivity index (χ2n) is 4.30. The van der Waals surface area contributed by atoms with Crippen molar-refractivity contribution >= 4 is 11.3 Å². The zero-order chi connectivity index (χ0) is 14.5. The van der Waals surface area contributed by atoms with Crippen molar-refractivity contribution < 1.29 is 13.5 Å². The number of nitrogens with one attached hydrogen (secondary N) is 1. The van der Waals surface area contributed by atoms with Crippen LogP contribution in [0.25, 0.3) is 0 Å². The van der Waals surface area contributed by atoms with E-state index in [-0.39, 0.29) is 11.8 Å². The van der Waals surface area contributed by atoms with E-state index >= 15 is 0 Å². The third kappa shape index (κ3) is 3.35. The van der Waals surface area contributed by atoms with Crippen molar-refractivity contribution in [1.82, 2.24) is 5.32 Å². The first-order valence-corrected chi connectivity index (χ1v) is 7.27. The van der Waals surface area contributed by atoms with E-state index in [0.29, 0.717) is 0 Å². The van der Waals surface area contributed by atoms with Crippen LogP contribution >= 0.6 is 11.3 Å². The van der Waals surface area contributed by atoms with Crippen LogP contribution in [0.15, 0.2) is 36.4 Å². The van der Waals surface area contributed by atoms with Gasteiger partial charge in [-0.25, -0.2) is 0 Å². The Morgan fingerprint density at radius 1 is 1.20 bits per heavy atom. The Morgan fingerprint density at radius 2 is 1.95 bits per heavy atom. The van der Waals surface area contributed by atoms with Crippen LogP contribution in [0.2, 0.25) is 0 Å². The Balaban J connectivity index is 2.36. The third-order valence-electron chi connectivity index (χ3n) is 3.05. The van der Waals surface area contributed by atoms with Crippen LogP contribution in [0.3, 0.4) is 0 Å². The highest BCUT2D eigenvalue weighted by atomic mass is 32.1. The van der Waals surface area contributed by atoms with Crippen LogP contribution in [-0.2, 0) is 6.42 Å². The SMILES string of the molecule is CCc1ccc(C(NC)c2ccccc2OC(F)F)s1. The molecule has 1 N–H and O–H groups in total. The van der Waals surface area contributed by atoms with Crippen molar-refractivity contribution in [1.29, 1.82) is 0 Å². The summed E-state index contributed by atoms with van der Waals surface area (Å²) in [5.74, 6) is 0.216. The molecule has 5 heteroatoms. The zero-order valence-electron chi connectivity index (χ0n) is 11.4. The second kappa shape index (κ2) is 6.81. The average Bonchev–Trinajstić information content (AvgIpc) is 2.90. The lowest BCUT2D eigenvalue weighted by atomic mass is 10.0. The molecule has 1 aromatic carbocycles. The summed E-state index contributed by atoms with van der Waals surface area (Å²) < 4.78 is 29.6. The predicted octanol–water partition coefficient (Wildman–Crippen LogP) is 4.22. The molecule has 0 bridgehead atoms. The van der Waals surface area contributed by atoms with E-state index in [1.807, 2.05) is 25.2 Å². The van der Waals surface area contributed by atoms with Gasteiger partial charge in [-0.2, -0.15) is 8.78 Å². The number of para-hydroxylation sites is 1. The molecular formula is C15H17F2NOS. The van der Waals surface area contributed by atoms with Gasteiger partial charge in [-0.15, -0.1) is 11.3 Å². The minimum atomic E-state index is -2.82. The predicted molar refractivity (Wildman–Crippen MR) is 77.7 cm³/mol. The number of rotatable bonds is 6. The van der Waals surface area contributed by atoms with E-state index in [1.54, 1.807) is 23.5 Å². The average molecular weight is 297 g/mol. The third-order valence-corrected chi connectivity index (χ3v) is 4.34.